The van der Waals surface area contributed by atoms with Crippen molar-refractivity contribution >= 4 is 21.7 Å². The molecule has 0 saturated carbocycles. The molecule has 0 unspecified atom stereocenters. The summed E-state index contributed by atoms with van der Waals surface area (Å²) in [4.78, 5) is 13.0. The average molecular weight is 280 g/mol. The Balaban J connectivity index is 2.29. The second kappa shape index (κ2) is 4.77. The summed E-state index contributed by atoms with van der Waals surface area (Å²) in [6.07, 6.45) is 1.14. The van der Waals surface area contributed by atoms with Crippen molar-refractivity contribution in [1.29, 1.82) is 0 Å². The molecule has 0 spiro atoms. The molecule has 2 aromatic rings. The van der Waals surface area contributed by atoms with Gasteiger partial charge in [0.15, 0.2) is 0 Å². The molecule has 100 valence electrons. The Morgan fingerprint density at radius 2 is 2.05 bits per heavy atom. The topological polar surface area (TPSA) is 99.3 Å². The van der Waals surface area contributed by atoms with Gasteiger partial charge in [-0.2, -0.15) is 0 Å². The number of carboxylic acid groups (broad SMARTS) is 1. The largest absolute Gasteiger partial charge is 0.477 e. The van der Waals surface area contributed by atoms with E-state index in [9.17, 15) is 13.2 Å². The van der Waals surface area contributed by atoms with Crippen LogP contribution < -0.4 is 4.72 Å². The highest BCUT2D eigenvalue weighted by Gasteiger charge is 2.18. The third-order valence-electron chi connectivity index (χ3n) is 2.47. The van der Waals surface area contributed by atoms with Gasteiger partial charge in [-0.05, 0) is 30.7 Å². The van der Waals surface area contributed by atoms with Crippen LogP contribution in [0.4, 0.5) is 5.69 Å². The molecule has 19 heavy (non-hydrogen) atoms. The molecule has 0 radical (unpaired) electrons. The molecule has 0 aliphatic carbocycles. The van der Waals surface area contributed by atoms with E-state index in [1.54, 1.807) is 18.2 Å². The Bertz CT molecular complexity index is 719. The molecule has 0 aliphatic heterocycles. The lowest BCUT2D eigenvalue weighted by atomic mass is 10.2. The average Bonchev–Trinajstić information content (AvgIpc) is 2.78. The fourth-order valence-corrected chi connectivity index (χ4v) is 2.62. The van der Waals surface area contributed by atoms with E-state index in [4.69, 9.17) is 5.11 Å². The van der Waals surface area contributed by atoms with Crippen LogP contribution in [0.5, 0.6) is 0 Å². The van der Waals surface area contributed by atoms with Crippen LogP contribution in [0.25, 0.3) is 0 Å². The van der Waals surface area contributed by atoms with E-state index in [0.717, 1.165) is 17.8 Å². The molecule has 0 saturated heterocycles. The van der Waals surface area contributed by atoms with E-state index < -0.39 is 16.0 Å². The number of H-pyrrole nitrogens is 1. The van der Waals surface area contributed by atoms with Crippen molar-refractivity contribution in [1.82, 2.24) is 4.98 Å². The quantitative estimate of drug-likeness (QED) is 0.795. The van der Waals surface area contributed by atoms with Crippen molar-refractivity contribution in [2.24, 2.45) is 0 Å². The van der Waals surface area contributed by atoms with E-state index in [0.29, 0.717) is 5.69 Å². The summed E-state index contributed by atoms with van der Waals surface area (Å²) in [5.74, 6) is -1.21. The predicted octanol–water partition coefficient (Wildman–Crippen LogP) is 1.82. The second-order valence-electron chi connectivity index (χ2n) is 4.03. The summed E-state index contributed by atoms with van der Waals surface area (Å²) >= 11 is 0. The van der Waals surface area contributed by atoms with Crippen molar-refractivity contribution in [3.63, 3.8) is 0 Å². The van der Waals surface area contributed by atoms with Crippen LogP contribution in [0, 0.1) is 6.92 Å². The first-order chi connectivity index (χ1) is 8.88. The maximum atomic E-state index is 12.0. The van der Waals surface area contributed by atoms with Gasteiger partial charge in [0.25, 0.3) is 10.0 Å². The standard InChI is InChI=1S/C12H12N2O4S/c1-8-3-2-4-9(5-8)14-19(17,18)10-6-11(12(15)16)13-7-10/h2-7,13-14H,1H3,(H,15,16). The van der Waals surface area contributed by atoms with Gasteiger partial charge in [-0.25, -0.2) is 13.2 Å². The van der Waals surface area contributed by atoms with Crippen LogP contribution >= 0.6 is 0 Å². The number of aromatic amines is 1. The molecule has 2 rings (SSSR count). The van der Waals surface area contributed by atoms with Crippen LogP contribution in [0.1, 0.15) is 16.1 Å². The third-order valence-corrected chi connectivity index (χ3v) is 3.83. The number of carboxylic acids is 1. The minimum Gasteiger partial charge on any atom is -0.477 e. The predicted molar refractivity (Wildman–Crippen MR) is 69.7 cm³/mol. The maximum Gasteiger partial charge on any atom is 0.352 e. The minimum absolute atomic E-state index is 0.119. The molecular weight excluding hydrogens is 268 g/mol. The highest BCUT2D eigenvalue weighted by molar-refractivity contribution is 7.92. The highest BCUT2D eigenvalue weighted by Crippen LogP contribution is 2.17. The lowest BCUT2D eigenvalue weighted by Gasteiger charge is -2.06. The first kappa shape index (κ1) is 13.2. The molecule has 0 bridgehead atoms. The molecule has 7 heteroatoms. The van der Waals surface area contributed by atoms with Crippen molar-refractivity contribution in [2.75, 3.05) is 4.72 Å². The van der Waals surface area contributed by atoms with Crippen molar-refractivity contribution in [2.45, 2.75) is 11.8 Å². The third kappa shape index (κ3) is 2.94. The smallest absolute Gasteiger partial charge is 0.352 e. The molecule has 0 aliphatic rings. The number of benzene rings is 1. The van der Waals surface area contributed by atoms with E-state index >= 15 is 0 Å². The lowest BCUT2D eigenvalue weighted by Crippen LogP contribution is -2.12. The summed E-state index contributed by atoms with van der Waals surface area (Å²) in [5, 5.41) is 8.74. The zero-order chi connectivity index (χ0) is 14.0. The maximum absolute atomic E-state index is 12.0. The SMILES string of the molecule is Cc1cccc(NS(=O)(=O)c2c[nH]c(C(=O)O)c2)c1. The van der Waals surface area contributed by atoms with Gasteiger partial charge in [-0.1, -0.05) is 12.1 Å². The molecule has 1 aromatic heterocycles. The van der Waals surface area contributed by atoms with Crippen LogP contribution in [0.15, 0.2) is 41.4 Å². The summed E-state index contributed by atoms with van der Waals surface area (Å²) in [7, 11) is -3.79. The summed E-state index contributed by atoms with van der Waals surface area (Å²) < 4.78 is 26.4. The number of hydrogen-bond acceptors (Lipinski definition) is 3. The fourth-order valence-electron chi connectivity index (χ4n) is 1.58. The minimum atomic E-state index is -3.79. The number of sulfonamides is 1. The Morgan fingerprint density at radius 1 is 1.32 bits per heavy atom. The number of aryl methyl sites for hydroxylation is 1. The van der Waals surface area contributed by atoms with Gasteiger partial charge in [0.2, 0.25) is 0 Å². The Kier molecular flexibility index (Phi) is 3.30. The number of hydrogen-bond donors (Lipinski definition) is 3. The van der Waals surface area contributed by atoms with Crippen molar-refractivity contribution in [3.05, 3.63) is 47.8 Å². The number of aromatic carboxylic acids is 1. The molecule has 3 N–H and O–H groups in total. The number of carbonyl (C=O) groups is 1. The van der Waals surface area contributed by atoms with Gasteiger partial charge in [0.05, 0.1) is 0 Å². The number of aromatic nitrogens is 1. The van der Waals surface area contributed by atoms with E-state index in [-0.39, 0.29) is 10.6 Å². The Morgan fingerprint density at radius 3 is 2.63 bits per heavy atom. The fraction of sp³-hybridized carbons (Fsp3) is 0.0833. The summed E-state index contributed by atoms with van der Waals surface area (Å²) in [6.45, 7) is 1.84. The monoisotopic (exact) mass is 280 g/mol. The second-order valence-corrected chi connectivity index (χ2v) is 5.71. The van der Waals surface area contributed by atoms with Gasteiger partial charge in [0.1, 0.15) is 10.6 Å². The lowest BCUT2D eigenvalue weighted by molar-refractivity contribution is 0.0691. The first-order valence-electron chi connectivity index (χ1n) is 5.40. The van der Waals surface area contributed by atoms with Crippen LogP contribution in [0.2, 0.25) is 0 Å². The van der Waals surface area contributed by atoms with Crippen LogP contribution in [-0.2, 0) is 10.0 Å². The molecule has 6 nitrogen and oxygen atoms in total. The number of rotatable bonds is 4. The van der Waals surface area contributed by atoms with Crippen molar-refractivity contribution < 1.29 is 18.3 Å². The zero-order valence-corrected chi connectivity index (χ0v) is 10.9. The van der Waals surface area contributed by atoms with E-state index in [1.165, 1.54) is 0 Å². The highest BCUT2D eigenvalue weighted by atomic mass is 32.2. The summed E-state index contributed by atoms with van der Waals surface area (Å²) in [6, 6.07) is 7.95. The van der Waals surface area contributed by atoms with Gasteiger partial charge < -0.3 is 10.1 Å². The summed E-state index contributed by atoms with van der Waals surface area (Å²) in [5.41, 5.74) is 1.17. The van der Waals surface area contributed by atoms with E-state index in [2.05, 4.69) is 9.71 Å². The normalized spacial score (nSPS) is 11.2. The Labute approximate surface area is 110 Å². The Hall–Kier alpha value is -2.28. The number of nitrogens with one attached hydrogen (secondary N) is 2. The van der Waals surface area contributed by atoms with Gasteiger partial charge in [0, 0.05) is 11.9 Å². The zero-order valence-electron chi connectivity index (χ0n) is 10.0. The molecule has 0 atom stereocenters. The molecule has 0 amide bonds. The van der Waals surface area contributed by atoms with Crippen LogP contribution in [0.3, 0.4) is 0 Å². The number of anilines is 1. The molecule has 0 fully saturated rings. The van der Waals surface area contributed by atoms with Gasteiger partial charge in [-0.15, -0.1) is 0 Å². The molecule has 1 aromatic carbocycles. The van der Waals surface area contributed by atoms with Crippen molar-refractivity contribution in [3.8, 4) is 0 Å². The molecule has 1 heterocycles. The van der Waals surface area contributed by atoms with Gasteiger partial charge >= 0.3 is 5.97 Å². The van der Waals surface area contributed by atoms with E-state index in [1.807, 2.05) is 13.0 Å². The van der Waals surface area contributed by atoms with Crippen LogP contribution in [-0.4, -0.2) is 24.5 Å². The van der Waals surface area contributed by atoms with Gasteiger partial charge in [-0.3, -0.25) is 4.72 Å². The first-order valence-corrected chi connectivity index (χ1v) is 6.88. The molecular formula is C12H12N2O4S.